The fourth-order valence-electron chi connectivity index (χ4n) is 4.63. The molecule has 1 fully saturated rings. The lowest BCUT2D eigenvalue weighted by Crippen LogP contribution is -2.68. The predicted molar refractivity (Wildman–Crippen MR) is 103 cm³/mol. The first-order chi connectivity index (χ1) is 12.7. The van der Waals surface area contributed by atoms with Crippen LogP contribution in [0.5, 0.6) is 5.75 Å². The summed E-state index contributed by atoms with van der Waals surface area (Å²) < 4.78 is 6.54. The highest BCUT2D eigenvalue weighted by molar-refractivity contribution is 6.08. The topological polar surface area (TPSA) is 66.8 Å². The maximum absolute atomic E-state index is 13.5. The molecule has 27 heavy (non-hydrogen) atoms. The molecule has 0 radical (unpaired) electrons. The first kappa shape index (κ1) is 19.9. The van der Waals surface area contributed by atoms with Crippen molar-refractivity contribution in [3.8, 4) is 5.75 Å². The van der Waals surface area contributed by atoms with Crippen LogP contribution in [0.1, 0.15) is 64.2 Å². The minimum atomic E-state index is -0.989. The number of amides is 2. The average molecular weight is 373 g/mol. The van der Waals surface area contributed by atoms with E-state index in [1.54, 1.807) is 26.0 Å². The number of ether oxygens (including phenoxy) is 1. The Morgan fingerprint density at radius 3 is 2.52 bits per heavy atom. The molecule has 1 spiro atoms. The number of rotatable bonds is 3. The number of carbonyl (C=O) groups excluding carboxylic acids is 2. The van der Waals surface area contributed by atoms with E-state index in [9.17, 15) is 14.7 Å². The third-order valence-electron chi connectivity index (χ3n) is 6.31. The van der Waals surface area contributed by atoms with Gasteiger partial charge in [-0.05, 0) is 43.7 Å². The average Bonchev–Trinajstić information content (AvgIpc) is 2.60. The summed E-state index contributed by atoms with van der Waals surface area (Å²) in [4.78, 5) is 28.2. The Morgan fingerprint density at radius 1 is 1.22 bits per heavy atom. The Kier molecular flexibility index (Phi) is 5.35. The smallest absolute Gasteiger partial charge is 0.267 e. The molecule has 2 amide bonds. The molecule has 1 aromatic rings. The fraction of sp³-hybridized carbons (Fsp3) is 0.636. The normalized spacial score (nSPS) is 30.0. The first-order valence-corrected chi connectivity index (χ1v) is 10.0. The summed E-state index contributed by atoms with van der Waals surface area (Å²) in [5.74, 6) is -0.141. The lowest BCUT2D eigenvalue weighted by Gasteiger charge is -2.55. The number of carbonyl (C=O) groups is 2. The van der Waals surface area contributed by atoms with Gasteiger partial charge in [-0.3, -0.25) is 9.59 Å². The molecular weight excluding hydrogens is 342 g/mol. The predicted octanol–water partition coefficient (Wildman–Crippen LogP) is 3.85. The SMILES string of the molecule is CC(C)[C@@H]1CC[C@@H](C)C[C@]12Oc1ccccc1C(=O)N2C(=O)[C@@H](C)[C@@H](C)O. The number of nitrogens with zero attached hydrogens (tertiary/aromatic N) is 1. The second kappa shape index (κ2) is 7.27. The van der Waals surface area contributed by atoms with Gasteiger partial charge in [-0.15, -0.1) is 0 Å². The van der Waals surface area contributed by atoms with E-state index in [0.29, 0.717) is 23.7 Å². The van der Waals surface area contributed by atoms with Crippen molar-refractivity contribution < 1.29 is 19.4 Å². The third-order valence-corrected chi connectivity index (χ3v) is 6.31. The molecule has 5 heteroatoms. The van der Waals surface area contributed by atoms with Crippen molar-refractivity contribution >= 4 is 11.8 Å². The van der Waals surface area contributed by atoms with Crippen LogP contribution in [-0.4, -0.2) is 33.6 Å². The van der Waals surface area contributed by atoms with Crippen LogP contribution in [-0.2, 0) is 4.79 Å². The number of fused-ring (bicyclic) bond motifs is 1. The van der Waals surface area contributed by atoms with E-state index in [-0.39, 0.29) is 23.7 Å². The van der Waals surface area contributed by atoms with Crippen LogP contribution in [0, 0.1) is 23.7 Å². The van der Waals surface area contributed by atoms with Gasteiger partial charge in [0.25, 0.3) is 5.91 Å². The van der Waals surface area contributed by atoms with E-state index in [1.165, 1.54) is 4.90 Å². The molecule has 1 aliphatic carbocycles. The van der Waals surface area contributed by atoms with Gasteiger partial charge in [0, 0.05) is 12.3 Å². The van der Waals surface area contributed by atoms with E-state index in [0.717, 1.165) is 12.8 Å². The zero-order chi connectivity index (χ0) is 19.9. The Bertz CT molecular complexity index is 729. The van der Waals surface area contributed by atoms with Crippen molar-refractivity contribution in [2.24, 2.45) is 23.7 Å². The molecule has 2 aliphatic rings. The quantitative estimate of drug-likeness (QED) is 0.874. The number of aliphatic hydroxyl groups excluding tert-OH is 1. The molecule has 1 aliphatic heterocycles. The summed E-state index contributed by atoms with van der Waals surface area (Å²) in [5, 5.41) is 10.0. The minimum Gasteiger partial charge on any atom is -0.466 e. The molecule has 1 saturated carbocycles. The Morgan fingerprint density at radius 2 is 1.89 bits per heavy atom. The molecular formula is C22H31NO4. The van der Waals surface area contributed by atoms with Crippen LogP contribution in [0.2, 0.25) is 0 Å². The van der Waals surface area contributed by atoms with Crippen molar-refractivity contribution in [2.45, 2.75) is 65.7 Å². The number of imide groups is 1. The number of aliphatic hydroxyl groups is 1. The van der Waals surface area contributed by atoms with Gasteiger partial charge >= 0.3 is 0 Å². The molecule has 5 nitrogen and oxygen atoms in total. The van der Waals surface area contributed by atoms with Gasteiger partial charge in [0.1, 0.15) is 5.75 Å². The van der Waals surface area contributed by atoms with E-state index < -0.39 is 17.7 Å². The summed E-state index contributed by atoms with van der Waals surface area (Å²) in [5.41, 5.74) is -0.577. The van der Waals surface area contributed by atoms with Crippen molar-refractivity contribution in [3.63, 3.8) is 0 Å². The van der Waals surface area contributed by atoms with Gasteiger partial charge in [0.2, 0.25) is 5.91 Å². The van der Waals surface area contributed by atoms with Gasteiger partial charge in [-0.2, -0.15) is 0 Å². The molecule has 0 saturated heterocycles. The van der Waals surface area contributed by atoms with Crippen LogP contribution in [0.25, 0.3) is 0 Å². The Hall–Kier alpha value is -1.88. The van der Waals surface area contributed by atoms with E-state index >= 15 is 0 Å². The van der Waals surface area contributed by atoms with Crippen molar-refractivity contribution in [1.29, 1.82) is 0 Å². The van der Waals surface area contributed by atoms with Crippen LogP contribution in [0.15, 0.2) is 24.3 Å². The molecule has 1 aromatic carbocycles. The molecule has 0 unspecified atom stereocenters. The number of hydrogen-bond acceptors (Lipinski definition) is 4. The van der Waals surface area contributed by atoms with Crippen LogP contribution < -0.4 is 4.74 Å². The monoisotopic (exact) mass is 373 g/mol. The third kappa shape index (κ3) is 3.27. The zero-order valence-corrected chi connectivity index (χ0v) is 16.9. The van der Waals surface area contributed by atoms with Crippen molar-refractivity contribution in [1.82, 2.24) is 4.90 Å². The summed E-state index contributed by atoms with van der Waals surface area (Å²) in [6.07, 6.45) is 1.74. The van der Waals surface area contributed by atoms with Crippen molar-refractivity contribution in [3.05, 3.63) is 29.8 Å². The van der Waals surface area contributed by atoms with E-state index in [2.05, 4.69) is 20.8 Å². The van der Waals surface area contributed by atoms with Crippen LogP contribution in [0.4, 0.5) is 0 Å². The molecule has 1 heterocycles. The molecule has 1 N–H and O–H groups in total. The molecule has 148 valence electrons. The molecule has 0 aromatic heterocycles. The minimum absolute atomic E-state index is 0.0520. The second-order valence-corrected chi connectivity index (χ2v) is 8.69. The molecule has 0 bridgehead atoms. The van der Waals surface area contributed by atoms with Crippen LogP contribution >= 0.6 is 0 Å². The van der Waals surface area contributed by atoms with Crippen LogP contribution in [0.3, 0.4) is 0 Å². The Balaban J connectivity index is 2.18. The van der Waals surface area contributed by atoms with E-state index in [1.807, 2.05) is 12.1 Å². The highest BCUT2D eigenvalue weighted by Crippen LogP contribution is 2.49. The fourth-order valence-corrected chi connectivity index (χ4v) is 4.63. The van der Waals surface area contributed by atoms with Gasteiger partial charge in [0.05, 0.1) is 17.6 Å². The lowest BCUT2D eigenvalue weighted by atomic mass is 9.69. The van der Waals surface area contributed by atoms with E-state index in [4.69, 9.17) is 4.74 Å². The van der Waals surface area contributed by atoms with Crippen molar-refractivity contribution in [2.75, 3.05) is 0 Å². The summed E-state index contributed by atoms with van der Waals surface area (Å²) in [6, 6.07) is 7.15. The summed E-state index contributed by atoms with van der Waals surface area (Å²) in [6.45, 7) is 9.65. The zero-order valence-electron chi connectivity index (χ0n) is 16.9. The maximum Gasteiger partial charge on any atom is 0.267 e. The largest absolute Gasteiger partial charge is 0.466 e. The second-order valence-electron chi connectivity index (χ2n) is 8.69. The number of para-hydroxylation sites is 1. The maximum atomic E-state index is 13.5. The number of benzene rings is 1. The summed E-state index contributed by atoms with van der Waals surface area (Å²) in [7, 11) is 0. The highest BCUT2D eigenvalue weighted by Gasteiger charge is 2.58. The molecule has 3 rings (SSSR count). The van der Waals surface area contributed by atoms with Gasteiger partial charge < -0.3 is 9.84 Å². The van der Waals surface area contributed by atoms with Gasteiger partial charge in [-0.1, -0.05) is 39.8 Å². The standard InChI is InChI=1S/C22H31NO4/c1-13(2)18-11-10-14(3)12-22(18)23(20(25)15(4)16(5)24)21(26)17-8-6-7-9-19(17)27-22/h6-9,13-16,18,24H,10-12H2,1-5H3/t14-,15+,16-,18+,22+/m1/s1. The lowest BCUT2D eigenvalue weighted by molar-refractivity contribution is -0.181. The van der Waals surface area contributed by atoms with Gasteiger partial charge in [0.15, 0.2) is 5.72 Å². The number of hydrogen-bond donors (Lipinski definition) is 1. The highest BCUT2D eigenvalue weighted by atomic mass is 16.5. The Labute approximate surface area is 161 Å². The summed E-state index contributed by atoms with van der Waals surface area (Å²) >= 11 is 0. The first-order valence-electron chi connectivity index (χ1n) is 10.0. The van der Waals surface area contributed by atoms with Gasteiger partial charge in [-0.25, -0.2) is 4.90 Å². The molecule has 5 atom stereocenters.